The fraction of sp³-hybridized carbons (Fsp3) is 0.545. The molecule has 1 rings (SSSR count). The Bertz CT molecular complexity index is 336. The van der Waals surface area contributed by atoms with Crippen molar-refractivity contribution in [1.82, 2.24) is 10.3 Å². The van der Waals surface area contributed by atoms with E-state index in [1.807, 2.05) is 13.0 Å². The van der Waals surface area contributed by atoms with Crippen LogP contribution in [-0.2, 0) is 6.54 Å². The maximum Gasteiger partial charge on any atom is 0.390 e. The first-order chi connectivity index (χ1) is 7.38. The van der Waals surface area contributed by atoms with E-state index in [9.17, 15) is 13.2 Å². The van der Waals surface area contributed by atoms with E-state index in [-0.39, 0.29) is 0 Å². The predicted molar refractivity (Wildman–Crippen MR) is 55.9 cm³/mol. The lowest BCUT2D eigenvalue weighted by atomic mass is 10.1. The number of aromatic nitrogens is 1. The van der Waals surface area contributed by atoms with Crippen LogP contribution >= 0.6 is 0 Å². The maximum atomic E-state index is 12.1. The molecule has 0 fully saturated rings. The van der Waals surface area contributed by atoms with E-state index in [4.69, 9.17) is 0 Å². The molecule has 0 saturated carbocycles. The van der Waals surface area contributed by atoms with Gasteiger partial charge in [-0.25, -0.2) is 0 Å². The van der Waals surface area contributed by atoms with Gasteiger partial charge in [0, 0.05) is 25.0 Å². The highest BCUT2D eigenvalue weighted by Crippen LogP contribution is 2.21. The van der Waals surface area contributed by atoms with E-state index in [2.05, 4.69) is 10.3 Å². The molecule has 0 radical (unpaired) electrons. The molecule has 5 heteroatoms. The third-order valence-electron chi connectivity index (χ3n) is 2.33. The lowest BCUT2D eigenvalue weighted by Crippen LogP contribution is -2.30. The van der Waals surface area contributed by atoms with Gasteiger partial charge in [0.05, 0.1) is 6.42 Å². The largest absolute Gasteiger partial charge is 0.390 e. The second-order valence-corrected chi connectivity index (χ2v) is 3.90. The number of rotatable bonds is 4. The van der Waals surface area contributed by atoms with E-state index in [0.29, 0.717) is 6.54 Å². The van der Waals surface area contributed by atoms with Crippen LogP contribution in [0.25, 0.3) is 0 Å². The third-order valence-corrected chi connectivity index (χ3v) is 2.33. The fourth-order valence-electron chi connectivity index (χ4n) is 1.39. The van der Waals surface area contributed by atoms with Crippen molar-refractivity contribution >= 4 is 0 Å². The molecule has 0 aliphatic heterocycles. The van der Waals surface area contributed by atoms with Crippen LogP contribution in [0.2, 0.25) is 0 Å². The summed E-state index contributed by atoms with van der Waals surface area (Å²) in [6, 6.07) is 1.26. The first-order valence-electron chi connectivity index (χ1n) is 5.08. The van der Waals surface area contributed by atoms with Crippen LogP contribution in [0.4, 0.5) is 13.2 Å². The van der Waals surface area contributed by atoms with Gasteiger partial charge in [-0.1, -0.05) is 0 Å². The number of hydrogen-bond donors (Lipinski definition) is 1. The Morgan fingerprint density at radius 1 is 1.44 bits per heavy atom. The molecule has 0 saturated heterocycles. The standard InChI is InChI=1S/C11H15F3N2/c1-8-3-4-15-6-10(8)7-16-9(2)5-11(12,13)14/h3-4,6,9,16H,5,7H2,1-2H3. The second-order valence-electron chi connectivity index (χ2n) is 3.90. The van der Waals surface area contributed by atoms with Crippen molar-refractivity contribution in [2.75, 3.05) is 0 Å². The zero-order valence-electron chi connectivity index (χ0n) is 9.30. The van der Waals surface area contributed by atoms with Gasteiger partial charge in [0.15, 0.2) is 0 Å². The van der Waals surface area contributed by atoms with E-state index < -0.39 is 18.6 Å². The highest BCUT2D eigenvalue weighted by atomic mass is 19.4. The molecule has 1 aromatic rings. The lowest BCUT2D eigenvalue weighted by molar-refractivity contribution is -0.139. The minimum Gasteiger partial charge on any atom is -0.310 e. The van der Waals surface area contributed by atoms with Crippen molar-refractivity contribution in [3.8, 4) is 0 Å². The van der Waals surface area contributed by atoms with Crippen LogP contribution in [-0.4, -0.2) is 17.2 Å². The number of halogens is 3. The fourth-order valence-corrected chi connectivity index (χ4v) is 1.39. The zero-order chi connectivity index (χ0) is 12.2. The molecule has 1 heterocycles. The van der Waals surface area contributed by atoms with Crippen LogP contribution < -0.4 is 5.32 Å². The van der Waals surface area contributed by atoms with Gasteiger partial charge in [-0.2, -0.15) is 13.2 Å². The van der Waals surface area contributed by atoms with E-state index >= 15 is 0 Å². The van der Waals surface area contributed by atoms with Crippen molar-refractivity contribution in [2.24, 2.45) is 0 Å². The van der Waals surface area contributed by atoms with Crippen molar-refractivity contribution in [3.05, 3.63) is 29.6 Å². The van der Waals surface area contributed by atoms with Crippen LogP contribution in [0.5, 0.6) is 0 Å². The molecule has 0 aliphatic carbocycles. The molecule has 2 nitrogen and oxygen atoms in total. The number of alkyl halides is 3. The summed E-state index contributed by atoms with van der Waals surface area (Å²) >= 11 is 0. The van der Waals surface area contributed by atoms with Crippen molar-refractivity contribution in [1.29, 1.82) is 0 Å². The molecule has 0 bridgehead atoms. The highest BCUT2D eigenvalue weighted by Gasteiger charge is 2.29. The van der Waals surface area contributed by atoms with Gasteiger partial charge < -0.3 is 5.32 Å². The summed E-state index contributed by atoms with van der Waals surface area (Å²) in [7, 11) is 0. The number of hydrogen-bond acceptors (Lipinski definition) is 2. The summed E-state index contributed by atoms with van der Waals surface area (Å²) < 4.78 is 36.2. The van der Waals surface area contributed by atoms with Gasteiger partial charge in [-0.05, 0) is 31.0 Å². The van der Waals surface area contributed by atoms with Crippen LogP contribution in [0.15, 0.2) is 18.5 Å². The zero-order valence-corrected chi connectivity index (χ0v) is 9.30. The van der Waals surface area contributed by atoms with Crippen molar-refractivity contribution in [3.63, 3.8) is 0 Å². The van der Waals surface area contributed by atoms with Crippen LogP contribution in [0.3, 0.4) is 0 Å². The molecule has 0 amide bonds. The molecule has 0 spiro atoms. The summed E-state index contributed by atoms with van der Waals surface area (Å²) in [6.07, 6.45) is -1.59. The van der Waals surface area contributed by atoms with Gasteiger partial charge >= 0.3 is 6.18 Å². The van der Waals surface area contributed by atoms with Gasteiger partial charge in [-0.15, -0.1) is 0 Å². The summed E-state index contributed by atoms with van der Waals surface area (Å²) in [6.45, 7) is 3.85. The molecular formula is C11H15F3N2. The van der Waals surface area contributed by atoms with Crippen LogP contribution in [0.1, 0.15) is 24.5 Å². The van der Waals surface area contributed by atoms with Crippen molar-refractivity contribution in [2.45, 2.75) is 39.0 Å². The number of pyridine rings is 1. The Morgan fingerprint density at radius 2 is 2.12 bits per heavy atom. The molecule has 16 heavy (non-hydrogen) atoms. The molecule has 0 aliphatic rings. The van der Waals surface area contributed by atoms with E-state index in [0.717, 1.165) is 11.1 Å². The smallest absolute Gasteiger partial charge is 0.310 e. The van der Waals surface area contributed by atoms with E-state index in [1.54, 1.807) is 12.4 Å². The lowest BCUT2D eigenvalue weighted by Gasteiger charge is -2.16. The molecule has 1 aromatic heterocycles. The predicted octanol–water partition coefficient (Wildman–Crippen LogP) is 2.82. The minimum absolute atomic E-state index is 0.414. The maximum absolute atomic E-state index is 12.1. The number of nitrogens with zero attached hydrogens (tertiary/aromatic N) is 1. The Labute approximate surface area is 92.9 Å². The van der Waals surface area contributed by atoms with Gasteiger partial charge in [0.2, 0.25) is 0 Å². The SMILES string of the molecule is Cc1ccncc1CNC(C)CC(F)(F)F. The Balaban J connectivity index is 2.43. The molecule has 0 aromatic carbocycles. The first kappa shape index (κ1) is 13.0. The molecule has 1 atom stereocenters. The van der Waals surface area contributed by atoms with Crippen LogP contribution in [0, 0.1) is 6.92 Å². The molecule has 90 valence electrons. The summed E-state index contributed by atoms with van der Waals surface area (Å²) in [5.74, 6) is 0. The average Bonchev–Trinajstić information content (AvgIpc) is 2.14. The normalized spacial score (nSPS) is 13.8. The summed E-state index contributed by atoms with van der Waals surface area (Å²) in [5.41, 5.74) is 1.96. The van der Waals surface area contributed by atoms with E-state index in [1.165, 1.54) is 6.92 Å². The number of nitrogens with one attached hydrogen (secondary N) is 1. The van der Waals surface area contributed by atoms with Gasteiger partial charge in [0.25, 0.3) is 0 Å². The topological polar surface area (TPSA) is 24.9 Å². The average molecular weight is 232 g/mol. The monoisotopic (exact) mass is 232 g/mol. The minimum atomic E-state index is -4.11. The quantitative estimate of drug-likeness (QED) is 0.863. The Hall–Kier alpha value is -1.10. The summed E-state index contributed by atoms with van der Waals surface area (Å²) in [4.78, 5) is 3.94. The second kappa shape index (κ2) is 5.30. The third kappa shape index (κ3) is 4.61. The Morgan fingerprint density at radius 3 is 2.69 bits per heavy atom. The molecule has 1 unspecified atom stereocenters. The first-order valence-corrected chi connectivity index (χ1v) is 5.08. The van der Waals surface area contributed by atoms with Gasteiger partial charge in [0.1, 0.15) is 0 Å². The number of aryl methyl sites for hydroxylation is 1. The highest BCUT2D eigenvalue weighted by molar-refractivity contribution is 5.21. The van der Waals surface area contributed by atoms with Gasteiger partial charge in [-0.3, -0.25) is 4.98 Å². The summed E-state index contributed by atoms with van der Waals surface area (Å²) in [5, 5.41) is 2.84. The Kier molecular flexibility index (Phi) is 4.29. The van der Waals surface area contributed by atoms with Crippen molar-refractivity contribution < 1.29 is 13.2 Å². The molecule has 1 N–H and O–H groups in total. The molecular weight excluding hydrogens is 217 g/mol.